The molecule has 30 heavy (non-hydrogen) atoms. The number of nitro benzene ring substituents is 1. The van der Waals surface area contributed by atoms with Crippen molar-refractivity contribution in [1.29, 1.82) is 0 Å². The standard InChI is InChI=1S/C21H20N4O5/c1-29-18-8-2-15(3-9-18)19-14-20(26)24(16-4-6-17(7-5-16)25(27)28)22-21(19)23-10-12-30-13-11-23/h2-9,14H,10-13H2,1H3. The van der Waals surface area contributed by atoms with E-state index in [1.54, 1.807) is 13.2 Å². The van der Waals surface area contributed by atoms with E-state index < -0.39 is 4.92 Å². The van der Waals surface area contributed by atoms with Crippen molar-refractivity contribution in [3.63, 3.8) is 0 Å². The molecule has 4 rings (SSSR count). The van der Waals surface area contributed by atoms with E-state index in [1.807, 2.05) is 24.3 Å². The van der Waals surface area contributed by atoms with Crippen molar-refractivity contribution in [2.24, 2.45) is 0 Å². The Labute approximate surface area is 172 Å². The molecule has 0 saturated carbocycles. The fourth-order valence-corrected chi connectivity index (χ4v) is 3.34. The Balaban J connectivity index is 1.83. The number of aromatic nitrogens is 2. The maximum Gasteiger partial charge on any atom is 0.272 e. The molecule has 0 radical (unpaired) electrons. The first kappa shape index (κ1) is 19.6. The number of non-ortho nitro benzene ring substituents is 1. The van der Waals surface area contributed by atoms with Crippen LogP contribution in [0.15, 0.2) is 59.4 Å². The van der Waals surface area contributed by atoms with Gasteiger partial charge in [-0.15, -0.1) is 5.10 Å². The monoisotopic (exact) mass is 408 g/mol. The van der Waals surface area contributed by atoms with E-state index in [4.69, 9.17) is 9.47 Å². The van der Waals surface area contributed by atoms with Gasteiger partial charge in [-0.3, -0.25) is 14.9 Å². The number of morpholine rings is 1. The number of hydrogen-bond acceptors (Lipinski definition) is 7. The summed E-state index contributed by atoms with van der Waals surface area (Å²) in [5.41, 5.74) is 1.64. The summed E-state index contributed by atoms with van der Waals surface area (Å²) in [7, 11) is 1.60. The number of hydrogen-bond donors (Lipinski definition) is 0. The normalized spacial score (nSPS) is 13.8. The Hall–Kier alpha value is -3.72. The molecule has 9 heteroatoms. The molecular weight excluding hydrogens is 388 g/mol. The van der Waals surface area contributed by atoms with Gasteiger partial charge >= 0.3 is 0 Å². The van der Waals surface area contributed by atoms with Crippen molar-refractivity contribution in [1.82, 2.24) is 9.78 Å². The van der Waals surface area contributed by atoms with Crippen LogP contribution in [0.2, 0.25) is 0 Å². The molecule has 1 aromatic heterocycles. The van der Waals surface area contributed by atoms with E-state index in [0.717, 1.165) is 11.3 Å². The molecule has 2 aromatic carbocycles. The van der Waals surface area contributed by atoms with Crippen LogP contribution >= 0.6 is 0 Å². The van der Waals surface area contributed by atoms with Gasteiger partial charge in [-0.25, -0.2) is 0 Å². The van der Waals surface area contributed by atoms with Gasteiger partial charge in [0.15, 0.2) is 5.82 Å². The molecule has 9 nitrogen and oxygen atoms in total. The molecule has 154 valence electrons. The summed E-state index contributed by atoms with van der Waals surface area (Å²) < 4.78 is 11.9. The maximum absolute atomic E-state index is 12.9. The summed E-state index contributed by atoms with van der Waals surface area (Å²) in [4.78, 5) is 25.4. The molecule has 0 N–H and O–H groups in total. The molecule has 1 aliphatic rings. The van der Waals surface area contributed by atoms with Crippen LogP contribution in [0, 0.1) is 10.1 Å². The van der Waals surface area contributed by atoms with E-state index in [2.05, 4.69) is 10.00 Å². The molecule has 0 unspecified atom stereocenters. The van der Waals surface area contributed by atoms with Crippen LogP contribution in [0.4, 0.5) is 11.5 Å². The van der Waals surface area contributed by atoms with E-state index in [1.165, 1.54) is 28.9 Å². The van der Waals surface area contributed by atoms with Gasteiger partial charge in [0.25, 0.3) is 11.2 Å². The second-order valence-electron chi connectivity index (χ2n) is 6.73. The third kappa shape index (κ3) is 3.87. The van der Waals surface area contributed by atoms with Gasteiger partial charge in [0.2, 0.25) is 0 Å². The van der Waals surface area contributed by atoms with Crippen LogP contribution in [0.5, 0.6) is 5.75 Å². The zero-order chi connectivity index (χ0) is 21.1. The van der Waals surface area contributed by atoms with E-state index in [0.29, 0.717) is 43.4 Å². The average Bonchev–Trinajstić information content (AvgIpc) is 2.79. The topological polar surface area (TPSA) is 99.7 Å². The Morgan fingerprint density at radius 1 is 1.07 bits per heavy atom. The number of rotatable bonds is 5. The number of nitro groups is 1. The number of benzene rings is 2. The minimum Gasteiger partial charge on any atom is -0.497 e. The summed E-state index contributed by atoms with van der Waals surface area (Å²) in [6.07, 6.45) is 0. The highest BCUT2D eigenvalue weighted by Gasteiger charge is 2.20. The summed E-state index contributed by atoms with van der Waals surface area (Å²) in [6, 6.07) is 14.7. The van der Waals surface area contributed by atoms with Crippen molar-refractivity contribution < 1.29 is 14.4 Å². The van der Waals surface area contributed by atoms with Crippen LogP contribution in [0.25, 0.3) is 16.8 Å². The van der Waals surface area contributed by atoms with E-state index in [-0.39, 0.29) is 11.2 Å². The van der Waals surface area contributed by atoms with Crippen molar-refractivity contribution >= 4 is 11.5 Å². The Morgan fingerprint density at radius 2 is 1.73 bits per heavy atom. The lowest BCUT2D eigenvalue weighted by atomic mass is 10.1. The second kappa shape index (κ2) is 8.34. The van der Waals surface area contributed by atoms with Gasteiger partial charge in [0.1, 0.15) is 5.75 Å². The summed E-state index contributed by atoms with van der Waals surface area (Å²) in [5, 5.41) is 15.6. The Kier molecular flexibility index (Phi) is 5.44. The quantitative estimate of drug-likeness (QED) is 0.473. The van der Waals surface area contributed by atoms with Gasteiger partial charge in [-0.1, -0.05) is 12.1 Å². The minimum absolute atomic E-state index is 0.0462. The minimum atomic E-state index is -0.480. The number of nitrogens with zero attached hydrogens (tertiary/aromatic N) is 4. The number of anilines is 1. The molecule has 0 amide bonds. The molecule has 0 spiro atoms. The molecule has 1 aliphatic heterocycles. The Morgan fingerprint density at radius 3 is 2.33 bits per heavy atom. The third-order valence-electron chi connectivity index (χ3n) is 4.93. The molecule has 3 aromatic rings. The maximum atomic E-state index is 12.9. The smallest absolute Gasteiger partial charge is 0.272 e. The first-order valence-corrected chi connectivity index (χ1v) is 9.43. The van der Waals surface area contributed by atoms with E-state index in [9.17, 15) is 14.9 Å². The lowest BCUT2D eigenvalue weighted by Gasteiger charge is -2.29. The predicted octanol–water partition coefficient (Wildman–Crippen LogP) is 2.65. The lowest BCUT2D eigenvalue weighted by molar-refractivity contribution is -0.384. The van der Waals surface area contributed by atoms with Crippen LogP contribution in [0.1, 0.15) is 0 Å². The van der Waals surface area contributed by atoms with Gasteiger partial charge in [0.05, 0.1) is 30.9 Å². The summed E-state index contributed by atoms with van der Waals surface area (Å²) >= 11 is 0. The SMILES string of the molecule is COc1ccc(-c2cc(=O)n(-c3ccc([N+](=O)[O-])cc3)nc2N2CCOCC2)cc1. The highest BCUT2D eigenvalue weighted by atomic mass is 16.6. The molecule has 0 aliphatic carbocycles. The zero-order valence-electron chi connectivity index (χ0n) is 16.4. The van der Waals surface area contributed by atoms with Crippen LogP contribution < -0.4 is 15.2 Å². The fourth-order valence-electron chi connectivity index (χ4n) is 3.34. The fraction of sp³-hybridized carbons (Fsp3) is 0.238. The lowest BCUT2D eigenvalue weighted by Crippen LogP contribution is -2.38. The highest BCUT2D eigenvalue weighted by Crippen LogP contribution is 2.30. The van der Waals surface area contributed by atoms with Crippen LogP contribution in [-0.4, -0.2) is 48.1 Å². The molecule has 1 saturated heterocycles. The van der Waals surface area contributed by atoms with Gasteiger partial charge < -0.3 is 14.4 Å². The first-order valence-electron chi connectivity index (χ1n) is 9.43. The average molecular weight is 408 g/mol. The van der Waals surface area contributed by atoms with Crippen LogP contribution in [0.3, 0.4) is 0 Å². The Bertz CT molecular complexity index is 1100. The van der Waals surface area contributed by atoms with E-state index >= 15 is 0 Å². The van der Waals surface area contributed by atoms with Crippen molar-refractivity contribution in [3.05, 3.63) is 75.1 Å². The molecule has 2 heterocycles. The largest absolute Gasteiger partial charge is 0.497 e. The van der Waals surface area contributed by atoms with Crippen LogP contribution in [-0.2, 0) is 4.74 Å². The molecule has 0 bridgehead atoms. The highest BCUT2D eigenvalue weighted by molar-refractivity contribution is 5.76. The van der Waals surface area contributed by atoms with Crippen molar-refractivity contribution in [2.45, 2.75) is 0 Å². The molecule has 0 atom stereocenters. The summed E-state index contributed by atoms with van der Waals surface area (Å²) in [5.74, 6) is 1.38. The van der Waals surface area contributed by atoms with Crippen molar-refractivity contribution in [2.75, 3.05) is 38.3 Å². The number of methoxy groups -OCH3 is 1. The molecular formula is C21H20N4O5. The first-order chi connectivity index (χ1) is 14.6. The number of ether oxygens (including phenoxy) is 2. The molecule has 1 fully saturated rings. The van der Waals surface area contributed by atoms with Gasteiger partial charge in [0, 0.05) is 36.9 Å². The third-order valence-corrected chi connectivity index (χ3v) is 4.93. The van der Waals surface area contributed by atoms with Crippen molar-refractivity contribution in [3.8, 4) is 22.6 Å². The van der Waals surface area contributed by atoms with Gasteiger partial charge in [-0.2, -0.15) is 4.68 Å². The van der Waals surface area contributed by atoms with Gasteiger partial charge in [-0.05, 0) is 29.8 Å². The zero-order valence-corrected chi connectivity index (χ0v) is 16.4. The second-order valence-corrected chi connectivity index (χ2v) is 6.73. The summed E-state index contributed by atoms with van der Waals surface area (Å²) in [6.45, 7) is 2.43. The predicted molar refractivity (Wildman–Crippen MR) is 112 cm³/mol.